The number of carboxylic acids is 1. The average Bonchev–Trinajstić information content (AvgIpc) is 2.93. The van der Waals surface area contributed by atoms with Crippen LogP contribution in [0.4, 0.5) is 0 Å². The Morgan fingerprint density at radius 2 is 1.33 bits per heavy atom. The summed E-state index contributed by atoms with van der Waals surface area (Å²) in [5.74, 6) is -2.40. The molecule has 0 bridgehead atoms. The number of rotatable bonds is 13. The molecule has 204 valence electrons. The second-order valence-corrected chi connectivity index (χ2v) is 9.88. The van der Waals surface area contributed by atoms with Gasteiger partial charge in [0.05, 0.1) is 6.10 Å². The van der Waals surface area contributed by atoms with Gasteiger partial charge in [-0.05, 0) is 35.6 Å². The van der Waals surface area contributed by atoms with Crippen molar-refractivity contribution in [2.45, 2.75) is 51.3 Å². The zero-order valence-corrected chi connectivity index (χ0v) is 22.0. The molecule has 0 aliphatic rings. The van der Waals surface area contributed by atoms with Crippen molar-refractivity contribution >= 4 is 23.6 Å². The van der Waals surface area contributed by atoms with E-state index in [1.54, 1.807) is 42.5 Å². The number of nitrogens with one attached hydrogen (secondary N) is 2. The summed E-state index contributed by atoms with van der Waals surface area (Å²) >= 11 is 0. The molecule has 3 rings (SSSR count). The van der Waals surface area contributed by atoms with Crippen LogP contribution >= 0.6 is 0 Å². The highest BCUT2D eigenvalue weighted by atomic mass is 16.4. The molecule has 0 spiro atoms. The molecule has 3 aromatic carbocycles. The first-order chi connectivity index (χ1) is 18.6. The van der Waals surface area contributed by atoms with Gasteiger partial charge in [-0.3, -0.25) is 14.4 Å². The highest BCUT2D eigenvalue weighted by Gasteiger charge is 2.28. The molecule has 2 amide bonds. The van der Waals surface area contributed by atoms with Gasteiger partial charge >= 0.3 is 5.97 Å². The van der Waals surface area contributed by atoms with Crippen LogP contribution in [0, 0.1) is 5.92 Å². The molecule has 4 N–H and O–H groups in total. The molecule has 8 nitrogen and oxygen atoms in total. The smallest absolute Gasteiger partial charge is 0.326 e. The molecule has 0 aromatic heterocycles. The standard InChI is InChI=1S/C31H34N2O6/c1-20(2)17-26(31(38)39)33-30(37)25(18-21-9-5-3-6-10-21)32-29(36)24-15-13-23(14-16-24)28(35)19-27(34)22-11-7-4-8-12-22/h3-16,20,25-26,28,35H,17-19H2,1-2H3,(H,32,36)(H,33,37)(H,38,39)/t25-,26-,28?/m0/s1. The number of aliphatic hydroxyl groups is 1. The van der Waals surface area contributed by atoms with E-state index in [4.69, 9.17) is 0 Å². The third kappa shape index (κ3) is 8.90. The highest BCUT2D eigenvalue weighted by Crippen LogP contribution is 2.20. The van der Waals surface area contributed by atoms with E-state index >= 15 is 0 Å². The first kappa shape index (κ1) is 29.3. The van der Waals surface area contributed by atoms with Crippen LogP contribution in [0.2, 0.25) is 0 Å². The predicted molar refractivity (Wildman–Crippen MR) is 147 cm³/mol. The molecule has 0 heterocycles. The molecule has 1 unspecified atom stereocenters. The second-order valence-electron chi connectivity index (χ2n) is 9.88. The molecule has 0 fully saturated rings. The summed E-state index contributed by atoms with van der Waals surface area (Å²) in [6, 6.07) is 21.9. The van der Waals surface area contributed by atoms with Crippen LogP contribution in [-0.4, -0.2) is 45.9 Å². The number of Topliss-reactive ketones (excluding diaryl/α,β-unsaturated/α-hetero) is 1. The van der Waals surface area contributed by atoms with Crippen molar-refractivity contribution in [3.8, 4) is 0 Å². The van der Waals surface area contributed by atoms with E-state index in [0.717, 1.165) is 5.56 Å². The summed E-state index contributed by atoms with van der Waals surface area (Å²) in [4.78, 5) is 50.3. The van der Waals surface area contributed by atoms with Gasteiger partial charge in [0.2, 0.25) is 5.91 Å². The van der Waals surface area contributed by atoms with Crippen molar-refractivity contribution in [2.24, 2.45) is 5.92 Å². The number of carbonyl (C=O) groups excluding carboxylic acids is 3. The summed E-state index contributed by atoms with van der Waals surface area (Å²) in [6.45, 7) is 3.73. The average molecular weight is 531 g/mol. The van der Waals surface area contributed by atoms with E-state index in [1.165, 1.54) is 12.1 Å². The Labute approximate surface area is 228 Å². The third-order valence-electron chi connectivity index (χ3n) is 6.26. The van der Waals surface area contributed by atoms with Gasteiger partial charge in [-0.1, -0.05) is 86.6 Å². The van der Waals surface area contributed by atoms with Crippen molar-refractivity contribution in [3.63, 3.8) is 0 Å². The van der Waals surface area contributed by atoms with Crippen LogP contribution in [-0.2, 0) is 16.0 Å². The predicted octanol–water partition coefficient (Wildman–Crippen LogP) is 3.95. The molecule has 39 heavy (non-hydrogen) atoms. The maximum atomic E-state index is 13.1. The van der Waals surface area contributed by atoms with Crippen molar-refractivity contribution < 1.29 is 29.4 Å². The van der Waals surface area contributed by atoms with Crippen LogP contribution in [0.15, 0.2) is 84.9 Å². The Bertz CT molecular complexity index is 1260. The van der Waals surface area contributed by atoms with E-state index < -0.39 is 36.0 Å². The fraction of sp³-hybridized carbons (Fsp3) is 0.290. The summed E-state index contributed by atoms with van der Waals surface area (Å²) in [7, 11) is 0. The Balaban J connectivity index is 1.70. The molecule has 0 saturated carbocycles. The quantitative estimate of drug-likeness (QED) is 0.247. The topological polar surface area (TPSA) is 133 Å². The van der Waals surface area contributed by atoms with Crippen molar-refractivity contribution in [3.05, 3.63) is 107 Å². The molecular formula is C31H34N2O6. The summed E-state index contributed by atoms with van der Waals surface area (Å²) in [5, 5.41) is 25.4. The van der Waals surface area contributed by atoms with Crippen LogP contribution in [0.1, 0.15) is 64.6 Å². The fourth-order valence-corrected chi connectivity index (χ4v) is 4.16. The monoisotopic (exact) mass is 530 g/mol. The van der Waals surface area contributed by atoms with E-state index in [-0.39, 0.29) is 36.5 Å². The Hall–Kier alpha value is -4.30. The minimum Gasteiger partial charge on any atom is -0.480 e. The largest absolute Gasteiger partial charge is 0.480 e. The minimum absolute atomic E-state index is 0.0467. The van der Waals surface area contributed by atoms with Gasteiger partial charge in [-0.25, -0.2) is 4.79 Å². The molecule has 0 radical (unpaired) electrons. The Morgan fingerprint density at radius 3 is 1.90 bits per heavy atom. The fourth-order valence-electron chi connectivity index (χ4n) is 4.16. The van der Waals surface area contributed by atoms with E-state index in [1.807, 2.05) is 44.2 Å². The van der Waals surface area contributed by atoms with E-state index in [2.05, 4.69) is 10.6 Å². The van der Waals surface area contributed by atoms with Crippen LogP contribution in [0.25, 0.3) is 0 Å². The summed E-state index contributed by atoms with van der Waals surface area (Å²) in [5.41, 5.74) is 2.04. The van der Waals surface area contributed by atoms with E-state index in [0.29, 0.717) is 11.1 Å². The zero-order valence-electron chi connectivity index (χ0n) is 22.0. The van der Waals surface area contributed by atoms with Crippen molar-refractivity contribution in [1.29, 1.82) is 0 Å². The highest BCUT2D eigenvalue weighted by molar-refractivity contribution is 5.98. The number of benzene rings is 3. The lowest BCUT2D eigenvalue weighted by Gasteiger charge is -2.22. The van der Waals surface area contributed by atoms with Gasteiger partial charge in [0, 0.05) is 24.0 Å². The minimum atomic E-state index is -1.14. The number of aliphatic hydroxyl groups excluding tert-OH is 1. The maximum absolute atomic E-state index is 13.1. The lowest BCUT2D eigenvalue weighted by Crippen LogP contribution is -2.52. The normalized spacial score (nSPS) is 13.2. The second kappa shape index (κ2) is 14.0. The van der Waals surface area contributed by atoms with Gasteiger partial charge in [0.25, 0.3) is 5.91 Å². The SMILES string of the molecule is CC(C)C[C@H](NC(=O)[C@H](Cc1ccccc1)NC(=O)c1ccc(C(O)CC(=O)c2ccccc2)cc1)C(=O)O. The molecule has 3 atom stereocenters. The van der Waals surface area contributed by atoms with Gasteiger partial charge in [-0.2, -0.15) is 0 Å². The molecule has 0 aliphatic carbocycles. The third-order valence-corrected chi connectivity index (χ3v) is 6.26. The molecule has 8 heteroatoms. The maximum Gasteiger partial charge on any atom is 0.326 e. The molecular weight excluding hydrogens is 496 g/mol. The number of ketones is 1. The lowest BCUT2D eigenvalue weighted by atomic mass is 9.99. The number of hydrogen-bond acceptors (Lipinski definition) is 5. The molecule has 3 aromatic rings. The number of hydrogen-bond donors (Lipinski definition) is 4. The Kier molecular flexibility index (Phi) is 10.5. The Morgan fingerprint density at radius 1 is 0.744 bits per heavy atom. The van der Waals surface area contributed by atoms with Gasteiger partial charge in [-0.15, -0.1) is 0 Å². The summed E-state index contributed by atoms with van der Waals surface area (Å²) in [6.07, 6.45) is -0.717. The molecule has 0 aliphatic heterocycles. The van der Waals surface area contributed by atoms with Gasteiger partial charge in [0.15, 0.2) is 5.78 Å². The zero-order chi connectivity index (χ0) is 28.4. The number of amides is 2. The van der Waals surface area contributed by atoms with Crippen LogP contribution < -0.4 is 10.6 Å². The molecule has 0 saturated heterocycles. The van der Waals surface area contributed by atoms with Crippen molar-refractivity contribution in [1.82, 2.24) is 10.6 Å². The van der Waals surface area contributed by atoms with Crippen molar-refractivity contribution in [2.75, 3.05) is 0 Å². The van der Waals surface area contributed by atoms with Crippen LogP contribution in [0.3, 0.4) is 0 Å². The number of carbonyl (C=O) groups is 4. The summed E-state index contributed by atoms with van der Waals surface area (Å²) < 4.78 is 0. The first-order valence-electron chi connectivity index (χ1n) is 12.9. The van der Waals surface area contributed by atoms with E-state index in [9.17, 15) is 29.4 Å². The number of aliphatic carboxylic acids is 1. The number of carboxylic acid groups (broad SMARTS) is 1. The lowest BCUT2D eigenvalue weighted by molar-refractivity contribution is -0.142. The van der Waals surface area contributed by atoms with Gasteiger partial charge in [0.1, 0.15) is 12.1 Å². The first-order valence-corrected chi connectivity index (χ1v) is 12.9. The van der Waals surface area contributed by atoms with Gasteiger partial charge < -0.3 is 20.8 Å². The van der Waals surface area contributed by atoms with Crippen LogP contribution in [0.5, 0.6) is 0 Å².